The van der Waals surface area contributed by atoms with Gasteiger partial charge in [0.25, 0.3) is 0 Å². The molecule has 0 aliphatic rings. The molecule has 2 atom stereocenters. The Morgan fingerprint density at radius 1 is 1.24 bits per heavy atom. The summed E-state index contributed by atoms with van der Waals surface area (Å²) in [5, 5.41) is 27.5. The maximum absolute atomic E-state index is 9.49. The SMILES string of the molecule is CC=CC#CC#CCC(O)C(O)C=CCCO. The van der Waals surface area contributed by atoms with Crippen molar-refractivity contribution in [3.05, 3.63) is 24.3 Å². The predicted octanol–water partition coefficient (Wildman–Crippen LogP) is 0.620. The van der Waals surface area contributed by atoms with E-state index in [1.54, 1.807) is 18.2 Å². The van der Waals surface area contributed by atoms with Crippen LogP contribution in [0.2, 0.25) is 0 Å². The number of aliphatic hydroxyl groups excluding tert-OH is 3. The normalized spacial score (nSPS) is 13.9. The molecular weight excluding hydrogens is 216 g/mol. The summed E-state index contributed by atoms with van der Waals surface area (Å²) in [6, 6.07) is 0. The summed E-state index contributed by atoms with van der Waals surface area (Å²) in [7, 11) is 0. The van der Waals surface area contributed by atoms with E-state index in [4.69, 9.17) is 5.11 Å². The number of aliphatic hydroxyl groups is 3. The second-order valence-corrected chi connectivity index (χ2v) is 3.27. The molecule has 0 aliphatic carbocycles. The summed E-state index contributed by atoms with van der Waals surface area (Å²) in [6.07, 6.45) is 5.29. The molecule has 3 heteroatoms. The molecule has 0 fully saturated rings. The molecule has 0 aromatic heterocycles. The van der Waals surface area contributed by atoms with Crippen LogP contribution in [0.1, 0.15) is 19.8 Å². The van der Waals surface area contributed by atoms with E-state index < -0.39 is 12.2 Å². The highest BCUT2D eigenvalue weighted by Gasteiger charge is 2.10. The van der Waals surface area contributed by atoms with Crippen LogP contribution in [-0.2, 0) is 0 Å². The van der Waals surface area contributed by atoms with Gasteiger partial charge in [-0.3, -0.25) is 0 Å². The van der Waals surface area contributed by atoms with Crippen LogP contribution in [0.25, 0.3) is 0 Å². The van der Waals surface area contributed by atoms with Gasteiger partial charge >= 0.3 is 0 Å². The molecule has 92 valence electrons. The topological polar surface area (TPSA) is 60.7 Å². The van der Waals surface area contributed by atoms with Crippen LogP contribution >= 0.6 is 0 Å². The molecule has 0 spiro atoms. The van der Waals surface area contributed by atoms with Gasteiger partial charge in [-0.1, -0.05) is 30.1 Å². The molecule has 0 rings (SSSR count). The van der Waals surface area contributed by atoms with Crippen LogP contribution in [0.3, 0.4) is 0 Å². The van der Waals surface area contributed by atoms with Gasteiger partial charge in [0.15, 0.2) is 0 Å². The van der Waals surface area contributed by atoms with Crippen LogP contribution < -0.4 is 0 Å². The second kappa shape index (κ2) is 11.0. The Kier molecular flexibility index (Phi) is 10.00. The fourth-order valence-electron chi connectivity index (χ4n) is 0.920. The third kappa shape index (κ3) is 9.41. The first-order valence-corrected chi connectivity index (χ1v) is 5.45. The Hall–Kier alpha value is -1.52. The molecular formula is C14H18O3. The van der Waals surface area contributed by atoms with E-state index in [1.807, 2.05) is 6.92 Å². The lowest BCUT2D eigenvalue weighted by molar-refractivity contribution is 0.0523. The van der Waals surface area contributed by atoms with Gasteiger partial charge in [-0.15, -0.1) is 0 Å². The molecule has 0 bridgehead atoms. The number of hydrogen-bond acceptors (Lipinski definition) is 3. The molecule has 0 aromatic rings. The summed E-state index contributed by atoms with van der Waals surface area (Å²) < 4.78 is 0. The van der Waals surface area contributed by atoms with Crippen molar-refractivity contribution in [2.45, 2.75) is 32.0 Å². The molecule has 0 heterocycles. The van der Waals surface area contributed by atoms with Crippen LogP contribution in [0.5, 0.6) is 0 Å². The van der Waals surface area contributed by atoms with E-state index in [9.17, 15) is 10.2 Å². The lowest BCUT2D eigenvalue weighted by Crippen LogP contribution is -2.22. The first-order chi connectivity index (χ1) is 8.22. The van der Waals surface area contributed by atoms with Crippen molar-refractivity contribution in [1.29, 1.82) is 0 Å². The van der Waals surface area contributed by atoms with Gasteiger partial charge in [0, 0.05) is 13.0 Å². The average molecular weight is 234 g/mol. The fraction of sp³-hybridized carbons (Fsp3) is 0.429. The lowest BCUT2D eigenvalue weighted by Gasteiger charge is -2.10. The highest BCUT2D eigenvalue weighted by atomic mass is 16.3. The Balaban J connectivity index is 4.01. The number of allylic oxidation sites excluding steroid dienone is 2. The van der Waals surface area contributed by atoms with Gasteiger partial charge in [0.1, 0.15) is 0 Å². The van der Waals surface area contributed by atoms with Crippen molar-refractivity contribution in [3.8, 4) is 23.7 Å². The summed E-state index contributed by atoms with van der Waals surface area (Å²) in [6.45, 7) is 1.89. The number of rotatable bonds is 5. The molecule has 0 saturated heterocycles. The predicted molar refractivity (Wildman–Crippen MR) is 67.8 cm³/mol. The van der Waals surface area contributed by atoms with E-state index in [0.29, 0.717) is 6.42 Å². The van der Waals surface area contributed by atoms with E-state index in [1.165, 1.54) is 6.08 Å². The second-order valence-electron chi connectivity index (χ2n) is 3.27. The average Bonchev–Trinajstić information content (AvgIpc) is 2.33. The van der Waals surface area contributed by atoms with Crippen molar-refractivity contribution >= 4 is 0 Å². The summed E-state index contributed by atoms with van der Waals surface area (Å²) in [5.41, 5.74) is 0. The third-order valence-electron chi connectivity index (χ3n) is 1.81. The molecule has 0 amide bonds. The molecule has 3 N–H and O–H groups in total. The summed E-state index contributed by atoms with van der Waals surface area (Å²) >= 11 is 0. The minimum atomic E-state index is -0.959. The highest BCUT2D eigenvalue weighted by molar-refractivity contribution is 5.30. The molecule has 17 heavy (non-hydrogen) atoms. The van der Waals surface area contributed by atoms with Crippen molar-refractivity contribution in [2.24, 2.45) is 0 Å². The Morgan fingerprint density at radius 2 is 2.00 bits per heavy atom. The van der Waals surface area contributed by atoms with Crippen molar-refractivity contribution in [3.63, 3.8) is 0 Å². The maximum Gasteiger partial charge on any atom is 0.0989 e. The van der Waals surface area contributed by atoms with E-state index >= 15 is 0 Å². The third-order valence-corrected chi connectivity index (χ3v) is 1.81. The van der Waals surface area contributed by atoms with Gasteiger partial charge < -0.3 is 15.3 Å². The Bertz CT molecular complexity index is 360. The van der Waals surface area contributed by atoms with Gasteiger partial charge in [-0.05, 0) is 31.3 Å². The van der Waals surface area contributed by atoms with Gasteiger partial charge in [-0.25, -0.2) is 0 Å². The van der Waals surface area contributed by atoms with Crippen LogP contribution in [0, 0.1) is 23.7 Å². The minimum absolute atomic E-state index is 0.0274. The van der Waals surface area contributed by atoms with Crippen molar-refractivity contribution in [2.75, 3.05) is 6.61 Å². The van der Waals surface area contributed by atoms with E-state index in [-0.39, 0.29) is 13.0 Å². The Labute approximate surface area is 102 Å². The largest absolute Gasteiger partial charge is 0.396 e. The fourth-order valence-corrected chi connectivity index (χ4v) is 0.920. The van der Waals surface area contributed by atoms with Crippen LogP contribution in [-0.4, -0.2) is 34.1 Å². The molecule has 0 aliphatic heterocycles. The zero-order chi connectivity index (χ0) is 12.9. The van der Waals surface area contributed by atoms with E-state index in [0.717, 1.165) is 0 Å². The van der Waals surface area contributed by atoms with Gasteiger partial charge in [0.05, 0.1) is 12.2 Å². The summed E-state index contributed by atoms with van der Waals surface area (Å²) in [4.78, 5) is 0. The highest BCUT2D eigenvalue weighted by Crippen LogP contribution is 2.00. The minimum Gasteiger partial charge on any atom is -0.396 e. The molecule has 0 radical (unpaired) electrons. The monoisotopic (exact) mass is 234 g/mol. The van der Waals surface area contributed by atoms with Crippen LogP contribution in [0.15, 0.2) is 24.3 Å². The van der Waals surface area contributed by atoms with Gasteiger partial charge in [-0.2, -0.15) is 0 Å². The molecule has 3 nitrogen and oxygen atoms in total. The number of hydrogen-bond donors (Lipinski definition) is 3. The lowest BCUT2D eigenvalue weighted by atomic mass is 10.1. The van der Waals surface area contributed by atoms with Gasteiger partial charge in [0.2, 0.25) is 0 Å². The first kappa shape index (κ1) is 15.5. The first-order valence-electron chi connectivity index (χ1n) is 5.45. The summed E-state index contributed by atoms with van der Waals surface area (Å²) in [5.74, 6) is 10.5. The van der Waals surface area contributed by atoms with Crippen molar-refractivity contribution < 1.29 is 15.3 Å². The molecule has 0 aromatic carbocycles. The smallest absolute Gasteiger partial charge is 0.0989 e. The quantitative estimate of drug-likeness (QED) is 0.483. The Morgan fingerprint density at radius 3 is 2.65 bits per heavy atom. The van der Waals surface area contributed by atoms with Crippen molar-refractivity contribution in [1.82, 2.24) is 0 Å². The van der Waals surface area contributed by atoms with E-state index in [2.05, 4.69) is 23.7 Å². The zero-order valence-electron chi connectivity index (χ0n) is 9.93. The maximum atomic E-state index is 9.49. The molecule has 2 unspecified atom stereocenters. The zero-order valence-corrected chi connectivity index (χ0v) is 9.93. The van der Waals surface area contributed by atoms with Crippen LogP contribution in [0.4, 0.5) is 0 Å². The molecule has 0 saturated carbocycles. The standard InChI is InChI=1S/C14H18O3/c1-2-3-4-5-6-7-10-13(16)14(17)11-8-9-12-15/h2-3,8,11,13-17H,9-10,12H2,1H3.